The highest BCUT2D eigenvalue weighted by Gasteiger charge is 2.20. The maximum Gasteiger partial charge on any atom is 0.118 e. The Morgan fingerprint density at radius 2 is 2.16 bits per heavy atom. The minimum atomic E-state index is 0.411. The summed E-state index contributed by atoms with van der Waals surface area (Å²) in [5.41, 5.74) is 3.94. The third-order valence-corrected chi connectivity index (χ3v) is 3.75. The van der Waals surface area contributed by atoms with Crippen molar-refractivity contribution in [2.75, 3.05) is 13.7 Å². The van der Waals surface area contributed by atoms with Crippen LogP contribution >= 0.6 is 0 Å². The molecule has 1 aliphatic rings. The van der Waals surface area contributed by atoms with E-state index < -0.39 is 0 Å². The highest BCUT2D eigenvalue weighted by molar-refractivity contribution is 5.29. The number of ether oxygens (including phenoxy) is 1. The summed E-state index contributed by atoms with van der Waals surface area (Å²) in [4.78, 5) is 0. The number of aromatic nitrogens is 2. The van der Waals surface area contributed by atoms with Gasteiger partial charge in [0.15, 0.2) is 0 Å². The van der Waals surface area contributed by atoms with Crippen molar-refractivity contribution in [1.29, 1.82) is 0 Å². The van der Waals surface area contributed by atoms with Gasteiger partial charge in [0.05, 0.1) is 19.9 Å². The molecule has 0 amide bonds. The molecule has 0 saturated carbocycles. The normalized spacial score (nSPS) is 18.1. The molecule has 4 heteroatoms. The fraction of sp³-hybridized carbons (Fsp3) is 0.400. The molecule has 0 radical (unpaired) electrons. The van der Waals surface area contributed by atoms with Gasteiger partial charge in [0, 0.05) is 30.3 Å². The van der Waals surface area contributed by atoms with E-state index in [0.29, 0.717) is 6.04 Å². The molecular weight excluding hydrogens is 238 g/mol. The lowest BCUT2D eigenvalue weighted by Crippen LogP contribution is -2.28. The van der Waals surface area contributed by atoms with Crippen molar-refractivity contribution in [2.45, 2.75) is 25.9 Å². The summed E-state index contributed by atoms with van der Waals surface area (Å²) >= 11 is 0. The van der Waals surface area contributed by atoms with Crippen LogP contribution < -0.4 is 10.1 Å². The molecule has 1 aliphatic heterocycles. The van der Waals surface area contributed by atoms with Crippen molar-refractivity contribution in [3.05, 3.63) is 47.3 Å². The van der Waals surface area contributed by atoms with Gasteiger partial charge < -0.3 is 10.1 Å². The van der Waals surface area contributed by atoms with Gasteiger partial charge in [0.1, 0.15) is 5.75 Å². The first kappa shape index (κ1) is 12.2. The monoisotopic (exact) mass is 257 g/mol. The molecule has 4 nitrogen and oxygen atoms in total. The van der Waals surface area contributed by atoms with Crippen molar-refractivity contribution in [1.82, 2.24) is 15.1 Å². The lowest BCUT2D eigenvalue weighted by atomic mass is 10.0. The average Bonchev–Trinajstić information content (AvgIpc) is 2.84. The molecule has 0 saturated heterocycles. The fourth-order valence-corrected chi connectivity index (χ4v) is 2.62. The van der Waals surface area contributed by atoms with E-state index in [-0.39, 0.29) is 0 Å². The minimum absolute atomic E-state index is 0.411. The zero-order valence-corrected chi connectivity index (χ0v) is 11.4. The molecule has 3 rings (SSSR count). The summed E-state index contributed by atoms with van der Waals surface area (Å²) in [6.45, 7) is 4.05. The van der Waals surface area contributed by atoms with Crippen LogP contribution in [0.4, 0.5) is 0 Å². The molecule has 1 aromatic carbocycles. The molecule has 2 aromatic rings. The molecular formula is C15H19N3O. The molecule has 0 aliphatic carbocycles. The van der Waals surface area contributed by atoms with E-state index in [4.69, 9.17) is 4.74 Å². The Kier molecular flexibility index (Phi) is 3.25. The van der Waals surface area contributed by atoms with Gasteiger partial charge in [-0.05, 0) is 24.6 Å². The van der Waals surface area contributed by atoms with Crippen LogP contribution in [0.2, 0.25) is 0 Å². The van der Waals surface area contributed by atoms with Gasteiger partial charge in [-0.15, -0.1) is 0 Å². The Morgan fingerprint density at radius 1 is 1.37 bits per heavy atom. The highest BCUT2D eigenvalue weighted by atomic mass is 16.5. The van der Waals surface area contributed by atoms with Gasteiger partial charge in [0.25, 0.3) is 0 Å². The highest BCUT2D eigenvalue weighted by Crippen LogP contribution is 2.22. The smallest absolute Gasteiger partial charge is 0.118 e. The van der Waals surface area contributed by atoms with Crippen molar-refractivity contribution in [3.63, 3.8) is 0 Å². The number of methoxy groups -OCH3 is 1. The maximum atomic E-state index is 5.18. The van der Waals surface area contributed by atoms with Crippen LogP contribution in [0.5, 0.6) is 5.75 Å². The van der Waals surface area contributed by atoms with Crippen LogP contribution in [-0.2, 0) is 13.0 Å². The van der Waals surface area contributed by atoms with Crippen LogP contribution in [0.3, 0.4) is 0 Å². The molecule has 0 bridgehead atoms. The van der Waals surface area contributed by atoms with Crippen molar-refractivity contribution in [2.24, 2.45) is 0 Å². The summed E-state index contributed by atoms with van der Waals surface area (Å²) in [5, 5.41) is 7.99. The molecule has 0 fully saturated rings. The number of nitrogens with zero attached hydrogens (tertiary/aromatic N) is 2. The van der Waals surface area contributed by atoms with Gasteiger partial charge in [-0.2, -0.15) is 5.10 Å². The lowest BCUT2D eigenvalue weighted by molar-refractivity contribution is 0.414. The maximum absolute atomic E-state index is 5.18. The quantitative estimate of drug-likeness (QED) is 0.915. The molecule has 1 atom stereocenters. The van der Waals surface area contributed by atoms with Crippen LogP contribution in [0.1, 0.15) is 29.8 Å². The van der Waals surface area contributed by atoms with Crippen LogP contribution in [0, 0.1) is 0 Å². The standard InChI is InChI=1S/C15H19N3O/c1-11-14-9-17-18(15(14)7-8-16-11)10-12-3-5-13(19-2)6-4-12/h3-6,9,11,16H,7-8,10H2,1-2H3. The van der Waals surface area contributed by atoms with Crippen molar-refractivity contribution >= 4 is 0 Å². The van der Waals surface area contributed by atoms with Gasteiger partial charge in [-0.25, -0.2) is 0 Å². The van der Waals surface area contributed by atoms with E-state index in [0.717, 1.165) is 25.3 Å². The summed E-state index contributed by atoms with van der Waals surface area (Å²) in [6, 6.07) is 8.59. The van der Waals surface area contributed by atoms with E-state index in [1.54, 1.807) is 7.11 Å². The van der Waals surface area contributed by atoms with E-state index in [9.17, 15) is 0 Å². The van der Waals surface area contributed by atoms with E-state index in [2.05, 4.69) is 34.2 Å². The second kappa shape index (κ2) is 5.05. The first-order valence-electron chi connectivity index (χ1n) is 6.69. The average molecular weight is 257 g/mol. The Morgan fingerprint density at radius 3 is 2.89 bits per heavy atom. The molecule has 1 unspecified atom stereocenters. The fourth-order valence-electron chi connectivity index (χ4n) is 2.62. The number of fused-ring (bicyclic) bond motifs is 1. The summed E-state index contributed by atoms with van der Waals surface area (Å²) in [7, 11) is 1.69. The number of nitrogens with one attached hydrogen (secondary N) is 1. The molecule has 1 aromatic heterocycles. The van der Waals surface area contributed by atoms with E-state index in [1.165, 1.54) is 16.8 Å². The molecule has 100 valence electrons. The predicted octanol–water partition coefficient (Wildman–Crippen LogP) is 2.15. The number of benzene rings is 1. The Hall–Kier alpha value is -1.81. The van der Waals surface area contributed by atoms with Crippen molar-refractivity contribution < 1.29 is 4.74 Å². The second-order valence-electron chi connectivity index (χ2n) is 4.98. The van der Waals surface area contributed by atoms with Gasteiger partial charge in [0.2, 0.25) is 0 Å². The molecule has 1 N–H and O–H groups in total. The van der Waals surface area contributed by atoms with Crippen molar-refractivity contribution in [3.8, 4) is 5.75 Å². The Labute approximate surface area is 113 Å². The topological polar surface area (TPSA) is 39.1 Å². The van der Waals surface area contributed by atoms with Gasteiger partial charge in [-0.3, -0.25) is 4.68 Å². The number of hydrogen-bond donors (Lipinski definition) is 1. The zero-order valence-electron chi connectivity index (χ0n) is 11.4. The molecule has 2 heterocycles. The first-order chi connectivity index (χ1) is 9.28. The second-order valence-corrected chi connectivity index (χ2v) is 4.98. The summed E-state index contributed by atoms with van der Waals surface area (Å²) < 4.78 is 7.30. The zero-order chi connectivity index (χ0) is 13.2. The minimum Gasteiger partial charge on any atom is -0.497 e. The van der Waals surface area contributed by atoms with Crippen LogP contribution in [-0.4, -0.2) is 23.4 Å². The van der Waals surface area contributed by atoms with E-state index in [1.807, 2.05) is 18.3 Å². The number of rotatable bonds is 3. The van der Waals surface area contributed by atoms with Gasteiger partial charge >= 0.3 is 0 Å². The van der Waals surface area contributed by atoms with E-state index >= 15 is 0 Å². The number of hydrogen-bond acceptors (Lipinski definition) is 3. The van der Waals surface area contributed by atoms with Gasteiger partial charge in [-0.1, -0.05) is 12.1 Å². The third kappa shape index (κ3) is 2.36. The SMILES string of the molecule is COc1ccc(Cn2ncc3c2CCNC3C)cc1. The predicted molar refractivity (Wildman–Crippen MR) is 74.4 cm³/mol. The summed E-state index contributed by atoms with van der Waals surface area (Å²) in [5.74, 6) is 0.893. The van der Waals surface area contributed by atoms with Crippen LogP contribution in [0.25, 0.3) is 0 Å². The Bertz CT molecular complexity index is 559. The van der Waals surface area contributed by atoms with Crippen LogP contribution in [0.15, 0.2) is 30.5 Å². The third-order valence-electron chi connectivity index (χ3n) is 3.75. The lowest BCUT2D eigenvalue weighted by Gasteiger charge is -2.21. The Balaban J connectivity index is 1.83. The summed E-state index contributed by atoms with van der Waals surface area (Å²) in [6.07, 6.45) is 3.05. The molecule has 19 heavy (non-hydrogen) atoms. The largest absolute Gasteiger partial charge is 0.497 e. The molecule has 0 spiro atoms. The first-order valence-corrected chi connectivity index (χ1v) is 6.69.